The van der Waals surface area contributed by atoms with E-state index in [0.29, 0.717) is 17.7 Å². The number of benzene rings is 2. The van der Waals surface area contributed by atoms with E-state index in [1.807, 2.05) is 47.3 Å². The molecule has 138 valence electrons. The minimum Gasteiger partial charge on any atom is -0.355 e. The van der Waals surface area contributed by atoms with Crippen molar-refractivity contribution in [1.29, 1.82) is 0 Å². The predicted octanol–water partition coefficient (Wildman–Crippen LogP) is 3.73. The first-order valence-electron chi connectivity index (χ1n) is 8.35. The number of rotatable bonds is 7. The summed E-state index contributed by atoms with van der Waals surface area (Å²) in [6.07, 6.45) is 0. The number of carbonyl (C=O) groups excluding carboxylic acids is 2. The van der Waals surface area contributed by atoms with Gasteiger partial charge in [0.25, 0.3) is 11.8 Å². The van der Waals surface area contributed by atoms with Crippen LogP contribution in [-0.4, -0.2) is 23.8 Å². The van der Waals surface area contributed by atoms with Gasteiger partial charge < -0.3 is 10.6 Å². The molecule has 0 radical (unpaired) electrons. The van der Waals surface area contributed by atoms with E-state index < -0.39 is 0 Å². The highest BCUT2D eigenvalue weighted by atomic mass is 32.2. The van der Waals surface area contributed by atoms with Crippen LogP contribution in [0.5, 0.6) is 0 Å². The number of hydrogen-bond acceptors (Lipinski definition) is 5. The molecule has 0 aliphatic heterocycles. The summed E-state index contributed by atoms with van der Waals surface area (Å²) in [6, 6.07) is 14.7. The molecule has 0 spiro atoms. The lowest BCUT2D eigenvalue weighted by atomic mass is 10.1. The van der Waals surface area contributed by atoms with E-state index in [9.17, 15) is 9.59 Å². The molecule has 0 fully saturated rings. The van der Waals surface area contributed by atoms with Gasteiger partial charge in [-0.2, -0.15) is 0 Å². The number of hydrogen-bond donors (Lipinski definition) is 2. The largest absolute Gasteiger partial charge is 0.355 e. The van der Waals surface area contributed by atoms with E-state index in [1.54, 1.807) is 42.3 Å². The van der Waals surface area contributed by atoms with Crippen LogP contribution in [0.2, 0.25) is 0 Å². The second kappa shape index (κ2) is 9.34. The van der Waals surface area contributed by atoms with E-state index in [4.69, 9.17) is 0 Å². The van der Waals surface area contributed by atoms with Gasteiger partial charge in [0, 0.05) is 35.2 Å². The minimum absolute atomic E-state index is 0.119. The molecule has 2 amide bonds. The maximum absolute atomic E-state index is 12.6. The second-order valence-electron chi connectivity index (χ2n) is 5.72. The molecule has 5 nitrogen and oxygen atoms in total. The molecule has 0 unspecified atom stereocenters. The van der Waals surface area contributed by atoms with E-state index in [-0.39, 0.29) is 11.8 Å². The van der Waals surface area contributed by atoms with Gasteiger partial charge in [0.15, 0.2) is 0 Å². The summed E-state index contributed by atoms with van der Waals surface area (Å²) in [5, 5.41) is 7.54. The molecule has 0 bridgehead atoms. The molecule has 0 aliphatic carbocycles. The summed E-state index contributed by atoms with van der Waals surface area (Å²) in [5.74, 6) is 0.484. The Hall–Kier alpha value is -2.64. The van der Waals surface area contributed by atoms with Crippen molar-refractivity contribution in [2.45, 2.75) is 17.2 Å². The van der Waals surface area contributed by atoms with Crippen LogP contribution < -0.4 is 10.6 Å². The molecule has 3 rings (SSSR count). The molecular formula is C20H19N3O2S2. The van der Waals surface area contributed by atoms with E-state index in [0.717, 1.165) is 21.9 Å². The SMILES string of the molecule is CNC(=O)c1ccc(CNC(=O)c2ccccc2SCc2cscn2)cc1. The average Bonchev–Trinajstić information content (AvgIpc) is 3.24. The fourth-order valence-corrected chi connectivity index (χ4v) is 4.05. The van der Waals surface area contributed by atoms with Crippen LogP contribution in [0.1, 0.15) is 32.0 Å². The number of thioether (sulfide) groups is 1. The van der Waals surface area contributed by atoms with Crippen LogP contribution >= 0.6 is 23.1 Å². The zero-order valence-corrected chi connectivity index (χ0v) is 16.4. The zero-order chi connectivity index (χ0) is 19.1. The highest BCUT2D eigenvalue weighted by Gasteiger charge is 2.12. The molecular weight excluding hydrogens is 378 g/mol. The maximum atomic E-state index is 12.6. The Kier molecular flexibility index (Phi) is 6.62. The van der Waals surface area contributed by atoms with Gasteiger partial charge in [-0.3, -0.25) is 9.59 Å². The third kappa shape index (κ3) is 5.18. The summed E-state index contributed by atoms with van der Waals surface area (Å²) in [6.45, 7) is 0.401. The first kappa shape index (κ1) is 19.1. The molecule has 27 heavy (non-hydrogen) atoms. The van der Waals surface area contributed by atoms with Crippen LogP contribution in [0.3, 0.4) is 0 Å². The molecule has 1 heterocycles. The summed E-state index contributed by atoms with van der Waals surface area (Å²) in [4.78, 5) is 29.4. The van der Waals surface area contributed by atoms with Crippen molar-refractivity contribution in [2.75, 3.05) is 7.05 Å². The third-order valence-corrected chi connectivity index (χ3v) is 5.63. The summed E-state index contributed by atoms with van der Waals surface area (Å²) in [7, 11) is 1.60. The first-order valence-corrected chi connectivity index (χ1v) is 10.3. The Bertz CT molecular complexity index is 909. The second-order valence-corrected chi connectivity index (χ2v) is 7.46. The lowest BCUT2D eigenvalue weighted by Crippen LogP contribution is -2.23. The molecule has 1 aromatic heterocycles. The van der Waals surface area contributed by atoms with Gasteiger partial charge in [-0.05, 0) is 29.8 Å². The fourth-order valence-electron chi connectivity index (χ4n) is 2.44. The van der Waals surface area contributed by atoms with Gasteiger partial charge in [-0.25, -0.2) is 4.98 Å². The lowest BCUT2D eigenvalue weighted by Gasteiger charge is -2.10. The summed E-state index contributed by atoms with van der Waals surface area (Å²) < 4.78 is 0. The van der Waals surface area contributed by atoms with Crippen molar-refractivity contribution in [1.82, 2.24) is 15.6 Å². The Morgan fingerprint density at radius 3 is 2.56 bits per heavy atom. The number of nitrogens with one attached hydrogen (secondary N) is 2. The average molecular weight is 398 g/mol. The first-order chi connectivity index (χ1) is 13.2. The Morgan fingerprint density at radius 2 is 1.85 bits per heavy atom. The predicted molar refractivity (Wildman–Crippen MR) is 109 cm³/mol. The Labute approximate surface area is 166 Å². The van der Waals surface area contributed by atoms with Gasteiger partial charge in [-0.1, -0.05) is 24.3 Å². The van der Waals surface area contributed by atoms with Crippen molar-refractivity contribution in [3.05, 3.63) is 81.8 Å². The standard InChI is InChI=1S/C20H19N3O2S2/c1-21-19(24)15-8-6-14(7-9-15)10-22-20(25)17-4-2-3-5-18(17)27-12-16-11-26-13-23-16/h2-9,11,13H,10,12H2,1H3,(H,21,24)(H,22,25). The third-order valence-electron chi connectivity index (χ3n) is 3.89. The van der Waals surface area contributed by atoms with Crippen molar-refractivity contribution in [2.24, 2.45) is 0 Å². The molecule has 2 N–H and O–H groups in total. The van der Waals surface area contributed by atoms with Crippen molar-refractivity contribution >= 4 is 34.9 Å². The molecule has 0 saturated heterocycles. The monoisotopic (exact) mass is 397 g/mol. The van der Waals surface area contributed by atoms with Crippen LogP contribution in [0.25, 0.3) is 0 Å². The molecule has 2 aromatic carbocycles. The number of nitrogens with zero attached hydrogens (tertiary/aromatic N) is 1. The highest BCUT2D eigenvalue weighted by molar-refractivity contribution is 7.98. The van der Waals surface area contributed by atoms with Gasteiger partial charge in [0.1, 0.15) is 0 Å². The fraction of sp³-hybridized carbons (Fsp3) is 0.150. The molecule has 7 heteroatoms. The van der Waals surface area contributed by atoms with E-state index >= 15 is 0 Å². The van der Waals surface area contributed by atoms with Gasteiger partial charge in [-0.15, -0.1) is 23.1 Å². The summed E-state index contributed by atoms with van der Waals surface area (Å²) >= 11 is 3.17. The Balaban J connectivity index is 1.61. The van der Waals surface area contributed by atoms with Crippen molar-refractivity contribution < 1.29 is 9.59 Å². The van der Waals surface area contributed by atoms with Gasteiger partial charge in [0.05, 0.1) is 16.8 Å². The molecule has 3 aromatic rings. The van der Waals surface area contributed by atoms with E-state index in [2.05, 4.69) is 15.6 Å². The number of carbonyl (C=O) groups is 2. The van der Waals surface area contributed by atoms with E-state index in [1.165, 1.54) is 0 Å². The maximum Gasteiger partial charge on any atom is 0.252 e. The topological polar surface area (TPSA) is 71.1 Å². The highest BCUT2D eigenvalue weighted by Crippen LogP contribution is 2.26. The van der Waals surface area contributed by atoms with Crippen molar-refractivity contribution in [3.63, 3.8) is 0 Å². The normalized spacial score (nSPS) is 10.4. The lowest BCUT2D eigenvalue weighted by molar-refractivity contribution is 0.0943. The van der Waals surface area contributed by atoms with Crippen molar-refractivity contribution in [3.8, 4) is 0 Å². The Morgan fingerprint density at radius 1 is 1.07 bits per heavy atom. The number of aromatic nitrogens is 1. The zero-order valence-electron chi connectivity index (χ0n) is 14.8. The number of thiazole rings is 1. The van der Waals surface area contributed by atoms with Gasteiger partial charge in [0.2, 0.25) is 0 Å². The smallest absolute Gasteiger partial charge is 0.252 e. The molecule has 0 saturated carbocycles. The van der Waals surface area contributed by atoms with Gasteiger partial charge >= 0.3 is 0 Å². The van der Waals surface area contributed by atoms with Crippen LogP contribution in [-0.2, 0) is 12.3 Å². The van der Waals surface area contributed by atoms with Crippen LogP contribution in [0.4, 0.5) is 0 Å². The number of amides is 2. The van der Waals surface area contributed by atoms with Crippen LogP contribution in [0, 0.1) is 0 Å². The molecule has 0 aliphatic rings. The quantitative estimate of drug-likeness (QED) is 0.596. The van der Waals surface area contributed by atoms with Crippen LogP contribution in [0.15, 0.2) is 64.3 Å². The molecule has 0 atom stereocenters. The summed E-state index contributed by atoms with van der Waals surface area (Å²) in [5.41, 5.74) is 5.00. The minimum atomic E-state index is -0.128.